The first kappa shape index (κ1) is 24.5. The quantitative estimate of drug-likeness (QED) is 0.259. The van der Waals surface area contributed by atoms with Crippen molar-refractivity contribution in [2.24, 2.45) is 0 Å². The van der Waals surface area contributed by atoms with Crippen LogP contribution in [0.25, 0.3) is 5.69 Å². The number of carbonyl (C=O) groups is 2. The number of ether oxygens (including phenoxy) is 2. The Hall–Kier alpha value is -4.66. The highest BCUT2D eigenvalue weighted by atomic mass is 16.5. The van der Waals surface area contributed by atoms with Crippen molar-refractivity contribution in [3.05, 3.63) is 84.8 Å². The lowest BCUT2D eigenvalue weighted by Gasteiger charge is -2.14. The topological polar surface area (TPSA) is 107 Å². The minimum Gasteiger partial charge on any atom is -0.457 e. The number of nitrogens with zero attached hydrogens (tertiary/aromatic N) is 3. The average molecular weight is 486 g/mol. The summed E-state index contributed by atoms with van der Waals surface area (Å²) in [5.74, 6) is 1.84. The van der Waals surface area contributed by atoms with E-state index < -0.39 is 12.0 Å². The van der Waals surface area contributed by atoms with E-state index in [1.165, 1.54) is 6.92 Å². The van der Waals surface area contributed by atoms with Crippen molar-refractivity contribution in [2.45, 2.75) is 33.1 Å². The lowest BCUT2D eigenvalue weighted by molar-refractivity contribution is -0.131. The van der Waals surface area contributed by atoms with Crippen molar-refractivity contribution in [2.75, 3.05) is 10.6 Å². The first-order chi connectivity index (χ1) is 17.2. The molecular weight excluding hydrogens is 458 g/mol. The predicted octanol–water partition coefficient (Wildman–Crippen LogP) is 5.93. The number of aromatic nitrogens is 3. The summed E-state index contributed by atoms with van der Waals surface area (Å²) >= 11 is 0. The van der Waals surface area contributed by atoms with Crippen LogP contribution < -0.4 is 20.1 Å². The van der Waals surface area contributed by atoms with Gasteiger partial charge in [0.2, 0.25) is 0 Å². The largest absolute Gasteiger partial charge is 0.457 e. The molecule has 2 N–H and O–H groups in total. The van der Waals surface area contributed by atoms with Gasteiger partial charge in [-0.3, -0.25) is 15.1 Å². The minimum absolute atomic E-state index is 0.236. The molecule has 0 aliphatic rings. The van der Waals surface area contributed by atoms with Crippen LogP contribution in [0.15, 0.2) is 79.1 Å². The van der Waals surface area contributed by atoms with Crippen molar-refractivity contribution in [3.63, 3.8) is 0 Å². The van der Waals surface area contributed by atoms with Crippen LogP contribution in [0.5, 0.6) is 17.2 Å². The molecule has 0 aliphatic carbocycles. The monoisotopic (exact) mass is 485 g/mol. The Morgan fingerprint density at radius 1 is 0.833 bits per heavy atom. The first-order valence-corrected chi connectivity index (χ1v) is 11.3. The van der Waals surface area contributed by atoms with Crippen LogP contribution in [0, 0.1) is 0 Å². The number of hydrogen-bond donors (Lipinski definition) is 2. The summed E-state index contributed by atoms with van der Waals surface area (Å²) in [6, 6.07) is 18.9. The van der Waals surface area contributed by atoms with Crippen LogP contribution in [0.3, 0.4) is 0 Å². The molecule has 36 heavy (non-hydrogen) atoms. The normalized spacial score (nSPS) is 11.0. The minimum atomic E-state index is -0.420. The zero-order valence-corrected chi connectivity index (χ0v) is 20.5. The summed E-state index contributed by atoms with van der Waals surface area (Å²) < 4.78 is 12.5. The number of benzene rings is 2. The van der Waals surface area contributed by atoms with Gasteiger partial charge in [0.05, 0.1) is 11.4 Å². The Morgan fingerprint density at radius 3 is 2.06 bits per heavy atom. The summed E-state index contributed by atoms with van der Waals surface area (Å²) in [6.07, 6.45) is 3.30. The molecule has 2 heterocycles. The number of esters is 1. The zero-order valence-electron chi connectivity index (χ0n) is 20.5. The fourth-order valence-electron chi connectivity index (χ4n) is 3.28. The van der Waals surface area contributed by atoms with Crippen molar-refractivity contribution in [1.82, 2.24) is 14.8 Å². The Morgan fingerprint density at radius 2 is 1.44 bits per heavy atom. The number of urea groups is 1. The van der Waals surface area contributed by atoms with Gasteiger partial charge in [-0.25, -0.2) is 9.48 Å². The molecule has 0 unspecified atom stereocenters. The van der Waals surface area contributed by atoms with E-state index in [0.717, 1.165) is 5.69 Å². The Labute approximate surface area is 209 Å². The Kier molecular flexibility index (Phi) is 7.00. The van der Waals surface area contributed by atoms with E-state index in [1.807, 2.05) is 26.8 Å². The van der Waals surface area contributed by atoms with Gasteiger partial charge in [-0.2, -0.15) is 5.10 Å². The van der Waals surface area contributed by atoms with Crippen molar-refractivity contribution in [3.8, 4) is 22.9 Å². The van der Waals surface area contributed by atoms with E-state index in [9.17, 15) is 9.59 Å². The van der Waals surface area contributed by atoms with Gasteiger partial charge in [-0.15, -0.1) is 0 Å². The van der Waals surface area contributed by atoms with Gasteiger partial charge in [-0.05, 0) is 60.7 Å². The number of carbonyl (C=O) groups excluding carboxylic acids is 2. The molecule has 0 fully saturated rings. The maximum absolute atomic E-state index is 12.8. The van der Waals surface area contributed by atoms with Crippen LogP contribution in [0.1, 0.15) is 33.4 Å². The molecule has 0 saturated heterocycles. The third-order valence-electron chi connectivity index (χ3n) is 5.06. The van der Waals surface area contributed by atoms with E-state index in [2.05, 4.69) is 15.6 Å². The smallest absolute Gasteiger partial charge is 0.324 e. The number of nitrogens with one attached hydrogen (secondary N) is 2. The summed E-state index contributed by atoms with van der Waals surface area (Å²) in [7, 11) is 0. The fraction of sp³-hybridized carbons (Fsp3) is 0.185. The molecule has 0 atom stereocenters. The summed E-state index contributed by atoms with van der Waals surface area (Å²) in [4.78, 5) is 28.0. The van der Waals surface area contributed by atoms with E-state index >= 15 is 0 Å². The van der Waals surface area contributed by atoms with Gasteiger partial charge in [0, 0.05) is 36.5 Å². The molecule has 4 rings (SSSR count). The predicted molar refractivity (Wildman–Crippen MR) is 137 cm³/mol. The Balaban J connectivity index is 1.49. The van der Waals surface area contributed by atoms with E-state index in [0.29, 0.717) is 34.4 Å². The van der Waals surface area contributed by atoms with Gasteiger partial charge in [0.25, 0.3) is 0 Å². The lowest BCUT2D eigenvalue weighted by Crippen LogP contribution is -2.21. The molecule has 0 radical (unpaired) electrons. The molecule has 9 heteroatoms. The molecule has 0 saturated carbocycles. The van der Waals surface area contributed by atoms with Gasteiger partial charge in [0.1, 0.15) is 23.1 Å². The van der Waals surface area contributed by atoms with Crippen LogP contribution in [-0.4, -0.2) is 26.8 Å². The molecule has 4 aromatic rings. The van der Waals surface area contributed by atoms with Crippen molar-refractivity contribution in [1.29, 1.82) is 0 Å². The highest BCUT2D eigenvalue weighted by molar-refractivity contribution is 5.99. The van der Waals surface area contributed by atoms with Crippen LogP contribution >= 0.6 is 0 Å². The standard InChI is InChI=1S/C27H27N5O4/c1-18(33)35-21-11-7-20(8-12-21)32-25(17-24(31-32)27(2,3)4)30-26(34)29-19-5-9-22(10-6-19)36-23-13-15-28-16-14-23/h5-17H,1-4H3,(H2,29,30,34). The summed E-state index contributed by atoms with van der Waals surface area (Å²) in [5.41, 5.74) is 1.87. The molecule has 2 amide bonds. The highest BCUT2D eigenvalue weighted by Crippen LogP contribution is 2.28. The molecule has 184 valence electrons. The summed E-state index contributed by atoms with van der Waals surface area (Å²) in [5, 5.41) is 10.4. The zero-order chi connectivity index (χ0) is 25.7. The third-order valence-corrected chi connectivity index (χ3v) is 5.06. The number of anilines is 2. The SMILES string of the molecule is CC(=O)Oc1ccc(-n2nc(C(C)(C)C)cc2NC(=O)Nc2ccc(Oc3ccncc3)cc2)cc1. The Bertz CT molecular complexity index is 1340. The second kappa shape index (κ2) is 10.3. The molecule has 9 nitrogen and oxygen atoms in total. The average Bonchev–Trinajstić information content (AvgIpc) is 3.25. The molecule has 0 bridgehead atoms. The molecule has 2 aromatic heterocycles. The highest BCUT2D eigenvalue weighted by Gasteiger charge is 2.21. The fourth-order valence-corrected chi connectivity index (χ4v) is 3.28. The van der Waals surface area contributed by atoms with Crippen LogP contribution in [-0.2, 0) is 10.2 Å². The van der Waals surface area contributed by atoms with Crippen LogP contribution in [0.2, 0.25) is 0 Å². The molecular formula is C27H27N5O4. The van der Waals surface area contributed by atoms with E-state index in [1.54, 1.807) is 77.7 Å². The number of amides is 2. The van der Waals surface area contributed by atoms with E-state index in [-0.39, 0.29) is 5.41 Å². The number of hydrogen-bond acceptors (Lipinski definition) is 6. The van der Waals surface area contributed by atoms with Gasteiger partial charge < -0.3 is 14.8 Å². The molecule has 0 spiro atoms. The number of pyridine rings is 1. The van der Waals surface area contributed by atoms with Gasteiger partial charge >= 0.3 is 12.0 Å². The lowest BCUT2D eigenvalue weighted by atomic mass is 9.92. The number of rotatable bonds is 6. The van der Waals surface area contributed by atoms with Crippen LogP contribution in [0.4, 0.5) is 16.3 Å². The van der Waals surface area contributed by atoms with Gasteiger partial charge in [-0.1, -0.05) is 20.8 Å². The van der Waals surface area contributed by atoms with Gasteiger partial charge in [0.15, 0.2) is 0 Å². The second-order valence-electron chi connectivity index (χ2n) is 9.05. The van der Waals surface area contributed by atoms with Crippen molar-refractivity contribution >= 4 is 23.5 Å². The van der Waals surface area contributed by atoms with E-state index in [4.69, 9.17) is 14.6 Å². The maximum Gasteiger partial charge on any atom is 0.324 e. The first-order valence-electron chi connectivity index (χ1n) is 11.3. The third kappa shape index (κ3) is 6.26. The van der Waals surface area contributed by atoms with Crippen molar-refractivity contribution < 1.29 is 19.1 Å². The summed E-state index contributed by atoms with van der Waals surface area (Å²) in [6.45, 7) is 7.48. The maximum atomic E-state index is 12.8. The molecule has 0 aliphatic heterocycles. The second-order valence-corrected chi connectivity index (χ2v) is 9.05. The molecule has 2 aromatic carbocycles.